The molecule has 1 saturated carbocycles. The van der Waals surface area contributed by atoms with E-state index >= 15 is 0 Å². The van der Waals surface area contributed by atoms with Crippen molar-refractivity contribution in [3.05, 3.63) is 29.6 Å². The maximum Gasteiger partial charge on any atom is 0.0434 e. The van der Waals surface area contributed by atoms with E-state index in [2.05, 4.69) is 28.6 Å². The predicted molar refractivity (Wildman–Crippen MR) is 61.1 cm³/mol. The van der Waals surface area contributed by atoms with Crippen LogP contribution < -0.4 is 5.32 Å². The quantitative estimate of drug-likeness (QED) is 0.796. The molecule has 1 saturated heterocycles. The van der Waals surface area contributed by atoms with Crippen LogP contribution in [0.4, 0.5) is 0 Å². The Kier molecular flexibility index (Phi) is 2.45. The van der Waals surface area contributed by atoms with Crippen LogP contribution in [0, 0.1) is 0 Å². The van der Waals surface area contributed by atoms with Crippen LogP contribution >= 0.6 is 0 Å². The summed E-state index contributed by atoms with van der Waals surface area (Å²) in [5.41, 5.74) is 2.76. The summed E-state index contributed by atoms with van der Waals surface area (Å²) in [6, 6.07) is 4.55. The molecule has 2 aliphatic rings. The minimum Gasteiger partial charge on any atom is -0.317 e. The summed E-state index contributed by atoms with van der Waals surface area (Å²) >= 11 is 0. The lowest BCUT2D eigenvalue weighted by Gasteiger charge is -2.22. The van der Waals surface area contributed by atoms with Gasteiger partial charge in [-0.05, 0) is 56.3 Å². The lowest BCUT2D eigenvalue weighted by molar-refractivity contribution is 0.459. The molecule has 1 aliphatic carbocycles. The molecule has 2 heteroatoms. The van der Waals surface area contributed by atoms with Crippen molar-refractivity contribution >= 4 is 0 Å². The van der Waals surface area contributed by atoms with Crippen LogP contribution in [0.2, 0.25) is 0 Å². The van der Waals surface area contributed by atoms with Crippen molar-refractivity contribution in [3.63, 3.8) is 0 Å². The van der Waals surface area contributed by atoms with Crippen molar-refractivity contribution in [2.24, 2.45) is 0 Å². The highest BCUT2D eigenvalue weighted by Crippen LogP contribution is 2.39. The standard InChI is InChI=1S/C13H18N2/c1-2-11(1)13-4-3-12(9-15-13)10-5-7-14-8-6-10/h3-4,9-11,14H,1-2,5-8H2. The minimum absolute atomic E-state index is 0.743. The summed E-state index contributed by atoms with van der Waals surface area (Å²) < 4.78 is 0. The molecule has 1 aromatic heterocycles. The van der Waals surface area contributed by atoms with Crippen molar-refractivity contribution in [2.75, 3.05) is 13.1 Å². The fourth-order valence-electron chi connectivity index (χ4n) is 2.43. The first-order valence-corrected chi connectivity index (χ1v) is 6.10. The number of aromatic nitrogens is 1. The van der Waals surface area contributed by atoms with Crippen LogP contribution in [-0.4, -0.2) is 18.1 Å². The van der Waals surface area contributed by atoms with E-state index in [0.717, 1.165) is 24.9 Å². The van der Waals surface area contributed by atoms with Gasteiger partial charge in [-0.3, -0.25) is 4.98 Å². The molecule has 0 atom stereocenters. The third-order valence-corrected chi connectivity index (χ3v) is 3.62. The van der Waals surface area contributed by atoms with E-state index in [1.807, 2.05) is 0 Å². The first-order valence-electron chi connectivity index (χ1n) is 6.10. The highest BCUT2D eigenvalue weighted by atomic mass is 14.9. The third kappa shape index (κ3) is 2.05. The smallest absolute Gasteiger partial charge is 0.0434 e. The molecule has 1 aromatic rings. The Labute approximate surface area is 91.1 Å². The van der Waals surface area contributed by atoms with Crippen molar-refractivity contribution in [1.82, 2.24) is 10.3 Å². The first-order chi connectivity index (χ1) is 7.43. The summed E-state index contributed by atoms with van der Waals surface area (Å²) in [6.07, 6.45) is 7.35. The Morgan fingerprint density at radius 2 is 1.80 bits per heavy atom. The molecule has 2 heterocycles. The zero-order valence-corrected chi connectivity index (χ0v) is 9.08. The van der Waals surface area contributed by atoms with Crippen molar-refractivity contribution in [3.8, 4) is 0 Å². The van der Waals surface area contributed by atoms with Crippen LogP contribution in [0.3, 0.4) is 0 Å². The molecule has 0 aromatic carbocycles. The summed E-state index contributed by atoms with van der Waals surface area (Å²) in [4.78, 5) is 4.60. The monoisotopic (exact) mass is 202 g/mol. The summed E-state index contributed by atoms with van der Waals surface area (Å²) in [5, 5.41) is 3.40. The number of hydrogen-bond donors (Lipinski definition) is 1. The molecular weight excluding hydrogens is 184 g/mol. The molecule has 80 valence electrons. The zero-order valence-electron chi connectivity index (χ0n) is 9.08. The van der Waals surface area contributed by atoms with E-state index in [0.29, 0.717) is 0 Å². The van der Waals surface area contributed by atoms with Gasteiger partial charge in [-0.25, -0.2) is 0 Å². The number of nitrogens with zero attached hydrogens (tertiary/aromatic N) is 1. The largest absolute Gasteiger partial charge is 0.317 e. The Morgan fingerprint density at radius 1 is 1.00 bits per heavy atom. The van der Waals surface area contributed by atoms with Gasteiger partial charge in [-0.2, -0.15) is 0 Å². The first kappa shape index (κ1) is 9.34. The average molecular weight is 202 g/mol. The molecule has 2 nitrogen and oxygen atoms in total. The van der Waals surface area contributed by atoms with Gasteiger partial charge in [0.05, 0.1) is 0 Å². The molecule has 1 N–H and O–H groups in total. The van der Waals surface area contributed by atoms with Gasteiger partial charge in [0.25, 0.3) is 0 Å². The van der Waals surface area contributed by atoms with E-state index in [4.69, 9.17) is 0 Å². The van der Waals surface area contributed by atoms with Crippen LogP contribution in [0.5, 0.6) is 0 Å². The Balaban J connectivity index is 1.73. The molecule has 15 heavy (non-hydrogen) atoms. The van der Waals surface area contributed by atoms with E-state index < -0.39 is 0 Å². The summed E-state index contributed by atoms with van der Waals surface area (Å²) in [7, 11) is 0. The molecule has 0 spiro atoms. The van der Waals surface area contributed by atoms with Gasteiger partial charge in [0.1, 0.15) is 0 Å². The molecular formula is C13H18N2. The van der Waals surface area contributed by atoms with E-state index in [-0.39, 0.29) is 0 Å². The maximum absolute atomic E-state index is 4.60. The lowest BCUT2D eigenvalue weighted by atomic mass is 9.91. The number of hydrogen-bond acceptors (Lipinski definition) is 2. The highest BCUT2D eigenvalue weighted by molar-refractivity contribution is 5.22. The molecule has 1 aliphatic heterocycles. The maximum atomic E-state index is 4.60. The van der Waals surface area contributed by atoms with Gasteiger partial charge in [-0.15, -0.1) is 0 Å². The van der Waals surface area contributed by atoms with Crippen molar-refractivity contribution in [2.45, 2.75) is 37.5 Å². The molecule has 3 rings (SSSR count). The zero-order chi connectivity index (χ0) is 10.1. The van der Waals surface area contributed by atoms with Gasteiger partial charge in [0.2, 0.25) is 0 Å². The fraction of sp³-hybridized carbons (Fsp3) is 0.615. The Hall–Kier alpha value is -0.890. The minimum atomic E-state index is 0.743. The van der Waals surface area contributed by atoms with Crippen molar-refractivity contribution < 1.29 is 0 Å². The molecule has 0 radical (unpaired) electrons. The van der Waals surface area contributed by atoms with Crippen LogP contribution in [-0.2, 0) is 0 Å². The third-order valence-electron chi connectivity index (χ3n) is 3.62. The van der Waals surface area contributed by atoms with Gasteiger partial charge < -0.3 is 5.32 Å². The average Bonchev–Trinajstić information content (AvgIpc) is 3.15. The number of rotatable bonds is 2. The summed E-state index contributed by atoms with van der Waals surface area (Å²) in [5.74, 6) is 1.53. The predicted octanol–water partition coefficient (Wildman–Crippen LogP) is 2.43. The Morgan fingerprint density at radius 3 is 2.40 bits per heavy atom. The van der Waals surface area contributed by atoms with Gasteiger partial charge >= 0.3 is 0 Å². The van der Waals surface area contributed by atoms with Gasteiger partial charge in [0, 0.05) is 17.8 Å². The number of nitrogens with one attached hydrogen (secondary N) is 1. The molecule has 2 fully saturated rings. The van der Waals surface area contributed by atoms with Gasteiger partial charge in [-0.1, -0.05) is 6.07 Å². The Bertz CT molecular complexity index is 321. The SMILES string of the molecule is c1cc(C2CC2)ncc1C1CCNCC1. The highest BCUT2D eigenvalue weighted by Gasteiger charge is 2.25. The van der Waals surface area contributed by atoms with Crippen LogP contribution in [0.25, 0.3) is 0 Å². The molecule has 0 unspecified atom stereocenters. The van der Waals surface area contributed by atoms with Gasteiger partial charge in [0.15, 0.2) is 0 Å². The van der Waals surface area contributed by atoms with Crippen LogP contribution in [0.1, 0.15) is 48.8 Å². The fourth-order valence-corrected chi connectivity index (χ4v) is 2.43. The number of pyridine rings is 1. The van der Waals surface area contributed by atoms with E-state index in [1.165, 1.54) is 36.9 Å². The lowest BCUT2D eigenvalue weighted by Crippen LogP contribution is -2.26. The normalized spacial score (nSPS) is 22.9. The van der Waals surface area contributed by atoms with Crippen molar-refractivity contribution in [1.29, 1.82) is 0 Å². The van der Waals surface area contributed by atoms with Crippen LogP contribution in [0.15, 0.2) is 18.3 Å². The number of piperidine rings is 1. The topological polar surface area (TPSA) is 24.9 Å². The second-order valence-electron chi connectivity index (χ2n) is 4.81. The molecule has 0 bridgehead atoms. The second-order valence-corrected chi connectivity index (χ2v) is 4.81. The molecule has 0 amide bonds. The summed E-state index contributed by atoms with van der Waals surface area (Å²) in [6.45, 7) is 2.32. The van der Waals surface area contributed by atoms with E-state index in [9.17, 15) is 0 Å². The van der Waals surface area contributed by atoms with E-state index in [1.54, 1.807) is 0 Å². The second kappa shape index (κ2) is 3.93.